The molecule has 0 spiro atoms. The van der Waals surface area contributed by atoms with Crippen molar-refractivity contribution in [2.75, 3.05) is 13.3 Å². The number of unbranched alkanes of at least 4 members (excludes halogenated alkanes) is 1. The lowest BCUT2D eigenvalue weighted by molar-refractivity contribution is -0.121. The molecular formula is C18H27NO3. The average Bonchev–Trinajstić information content (AvgIpc) is 3.00. The lowest BCUT2D eigenvalue weighted by atomic mass is 9.99. The Morgan fingerprint density at radius 3 is 2.86 bits per heavy atom. The standard InChI is InChI=1S/C18H27NO3/c1-3-5-6-14(4-2)12-19-18(20)10-8-15-7-9-16-17(11-15)22-13-21-16/h7,9,11,14H,3-6,8,10,12-13H2,1-2H3,(H,19,20)/t14-/m0/s1. The zero-order chi connectivity index (χ0) is 15.8. The van der Waals surface area contributed by atoms with Gasteiger partial charge in [-0.05, 0) is 36.5 Å². The maximum atomic E-state index is 12.0. The molecule has 2 rings (SSSR count). The number of ether oxygens (including phenoxy) is 2. The number of hydrogen-bond donors (Lipinski definition) is 1. The highest BCUT2D eigenvalue weighted by atomic mass is 16.7. The molecule has 1 N–H and O–H groups in total. The predicted octanol–water partition coefficient (Wildman–Crippen LogP) is 3.68. The number of rotatable bonds is 9. The minimum absolute atomic E-state index is 0.132. The second-order valence-electron chi connectivity index (χ2n) is 5.91. The van der Waals surface area contributed by atoms with Crippen molar-refractivity contribution < 1.29 is 14.3 Å². The highest BCUT2D eigenvalue weighted by Crippen LogP contribution is 2.32. The van der Waals surface area contributed by atoms with Gasteiger partial charge in [-0.25, -0.2) is 0 Å². The van der Waals surface area contributed by atoms with Crippen LogP contribution in [-0.2, 0) is 11.2 Å². The number of hydrogen-bond acceptors (Lipinski definition) is 3. The quantitative estimate of drug-likeness (QED) is 0.757. The predicted molar refractivity (Wildman–Crippen MR) is 87.2 cm³/mol. The van der Waals surface area contributed by atoms with Crippen LogP contribution in [-0.4, -0.2) is 19.2 Å². The lowest BCUT2D eigenvalue weighted by Crippen LogP contribution is -2.29. The smallest absolute Gasteiger partial charge is 0.231 e. The van der Waals surface area contributed by atoms with Crippen LogP contribution in [0.4, 0.5) is 0 Å². The molecule has 1 amide bonds. The van der Waals surface area contributed by atoms with E-state index in [1.54, 1.807) is 0 Å². The van der Waals surface area contributed by atoms with E-state index in [-0.39, 0.29) is 12.7 Å². The van der Waals surface area contributed by atoms with Gasteiger partial charge in [-0.15, -0.1) is 0 Å². The van der Waals surface area contributed by atoms with E-state index in [4.69, 9.17) is 9.47 Å². The van der Waals surface area contributed by atoms with E-state index in [9.17, 15) is 4.79 Å². The average molecular weight is 305 g/mol. The van der Waals surface area contributed by atoms with Gasteiger partial charge in [-0.2, -0.15) is 0 Å². The van der Waals surface area contributed by atoms with E-state index in [0.717, 1.165) is 36.4 Å². The molecule has 1 aliphatic heterocycles. The molecule has 0 saturated carbocycles. The van der Waals surface area contributed by atoms with Gasteiger partial charge in [0, 0.05) is 13.0 Å². The van der Waals surface area contributed by atoms with Crippen LogP contribution >= 0.6 is 0 Å². The highest BCUT2D eigenvalue weighted by molar-refractivity contribution is 5.76. The lowest BCUT2D eigenvalue weighted by Gasteiger charge is -2.15. The maximum Gasteiger partial charge on any atom is 0.231 e. The van der Waals surface area contributed by atoms with Gasteiger partial charge in [-0.1, -0.05) is 39.2 Å². The minimum Gasteiger partial charge on any atom is -0.454 e. The van der Waals surface area contributed by atoms with Crippen LogP contribution in [0.2, 0.25) is 0 Å². The summed E-state index contributed by atoms with van der Waals surface area (Å²) in [7, 11) is 0. The van der Waals surface area contributed by atoms with Crippen LogP contribution in [0.15, 0.2) is 18.2 Å². The molecule has 1 atom stereocenters. The summed E-state index contributed by atoms with van der Waals surface area (Å²) in [5, 5.41) is 3.07. The van der Waals surface area contributed by atoms with Crippen molar-refractivity contribution in [2.45, 2.75) is 52.4 Å². The summed E-state index contributed by atoms with van der Waals surface area (Å²) in [6.45, 7) is 5.49. The second kappa shape index (κ2) is 8.66. The van der Waals surface area contributed by atoms with Crippen molar-refractivity contribution >= 4 is 5.91 Å². The van der Waals surface area contributed by atoms with Gasteiger partial charge in [-0.3, -0.25) is 4.79 Å². The third-order valence-electron chi connectivity index (χ3n) is 4.21. The Morgan fingerprint density at radius 1 is 1.27 bits per heavy atom. The summed E-state index contributed by atoms with van der Waals surface area (Å²) in [4.78, 5) is 12.0. The molecule has 0 fully saturated rings. The molecule has 1 aliphatic rings. The van der Waals surface area contributed by atoms with E-state index in [1.165, 1.54) is 19.3 Å². The Balaban J connectivity index is 1.71. The molecule has 1 heterocycles. The van der Waals surface area contributed by atoms with Crippen LogP contribution in [0.3, 0.4) is 0 Å². The monoisotopic (exact) mass is 305 g/mol. The van der Waals surface area contributed by atoms with Gasteiger partial charge < -0.3 is 14.8 Å². The van der Waals surface area contributed by atoms with Crippen molar-refractivity contribution in [3.05, 3.63) is 23.8 Å². The van der Waals surface area contributed by atoms with Gasteiger partial charge in [0.05, 0.1) is 0 Å². The summed E-state index contributed by atoms with van der Waals surface area (Å²) >= 11 is 0. The first kappa shape index (κ1) is 16.7. The number of amides is 1. The fraction of sp³-hybridized carbons (Fsp3) is 0.611. The fourth-order valence-corrected chi connectivity index (χ4v) is 2.64. The van der Waals surface area contributed by atoms with Crippen LogP contribution in [0.25, 0.3) is 0 Å². The number of carbonyl (C=O) groups excluding carboxylic acids is 1. The summed E-state index contributed by atoms with van der Waals surface area (Å²) in [5.74, 6) is 2.31. The summed E-state index contributed by atoms with van der Waals surface area (Å²) < 4.78 is 10.6. The molecule has 4 nitrogen and oxygen atoms in total. The first-order valence-corrected chi connectivity index (χ1v) is 8.38. The number of nitrogens with one attached hydrogen (secondary N) is 1. The largest absolute Gasteiger partial charge is 0.454 e. The molecule has 0 saturated heterocycles. The van der Waals surface area contributed by atoms with Gasteiger partial charge in [0.15, 0.2) is 11.5 Å². The van der Waals surface area contributed by atoms with E-state index >= 15 is 0 Å². The Morgan fingerprint density at radius 2 is 2.09 bits per heavy atom. The van der Waals surface area contributed by atoms with Crippen molar-refractivity contribution in [1.82, 2.24) is 5.32 Å². The molecule has 0 radical (unpaired) electrons. The van der Waals surface area contributed by atoms with Gasteiger partial charge in [0.2, 0.25) is 12.7 Å². The molecule has 0 aromatic heterocycles. The van der Waals surface area contributed by atoms with E-state index < -0.39 is 0 Å². The van der Waals surface area contributed by atoms with Crippen LogP contribution in [0, 0.1) is 5.92 Å². The minimum atomic E-state index is 0.132. The van der Waals surface area contributed by atoms with Crippen molar-refractivity contribution in [3.63, 3.8) is 0 Å². The normalized spacial score (nSPS) is 13.9. The Bertz CT molecular complexity index is 487. The second-order valence-corrected chi connectivity index (χ2v) is 5.91. The number of carbonyl (C=O) groups is 1. The highest BCUT2D eigenvalue weighted by Gasteiger charge is 2.14. The molecule has 1 aromatic rings. The van der Waals surface area contributed by atoms with E-state index in [1.807, 2.05) is 18.2 Å². The maximum absolute atomic E-state index is 12.0. The van der Waals surface area contributed by atoms with E-state index in [0.29, 0.717) is 12.3 Å². The number of aryl methyl sites for hydroxylation is 1. The summed E-state index contributed by atoms with van der Waals surface area (Å²) in [6, 6.07) is 5.87. The Kier molecular flexibility index (Phi) is 6.56. The van der Waals surface area contributed by atoms with Gasteiger partial charge in [0.1, 0.15) is 0 Å². The summed E-state index contributed by atoms with van der Waals surface area (Å²) in [5.41, 5.74) is 1.11. The van der Waals surface area contributed by atoms with Crippen LogP contribution < -0.4 is 14.8 Å². The van der Waals surface area contributed by atoms with Crippen LogP contribution in [0.1, 0.15) is 51.5 Å². The van der Waals surface area contributed by atoms with Crippen LogP contribution in [0.5, 0.6) is 11.5 Å². The first-order chi connectivity index (χ1) is 10.7. The summed E-state index contributed by atoms with van der Waals surface area (Å²) in [6.07, 6.45) is 6.04. The van der Waals surface area contributed by atoms with E-state index in [2.05, 4.69) is 19.2 Å². The molecule has 122 valence electrons. The topological polar surface area (TPSA) is 47.6 Å². The molecule has 4 heteroatoms. The Labute approximate surface area is 133 Å². The number of fused-ring (bicyclic) bond motifs is 1. The fourth-order valence-electron chi connectivity index (χ4n) is 2.64. The molecular weight excluding hydrogens is 278 g/mol. The zero-order valence-corrected chi connectivity index (χ0v) is 13.7. The number of benzene rings is 1. The van der Waals surface area contributed by atoms with Crippen molar-refractivity contribution in [3.8, 4) is 11.5 Å². The zero-order valence-electron chi connectivity index (χ0n) is 13.7. The molecule has 22 heavy (non-hydrogen) atoms. The molecule has 0 aliphatic carbocycles. The Hall–Kier alpha value is -1.71. The SMILES string of the molecule is CCCC[C@H](CC)CNC(=O)CCc1ccc2c(c1)OCO2. The van der Waals surface area contributed by atoms with Gasteiger partial charge in [0.25, 0.3) is 0 Å². The molecule has 0 unspecified atom stereocenters. The molecule has 1 aromatic carbocycles. The van der Waals surface area contributed by atoms with Crippen molar-refractivity contribution in [1.29, 1.82) is 0 Å². The first-order valence-electron chi connectivity index (χ1n) is 8.38. The third-order valence-corrected chi connectivity index (χ3v) is 4.21. The third kappa shape index (κ3) is 4.93. The van der Waals surface area contributed by atoms with Gasteiger partial charge >= 0.3 is 0 Å². The molecule has 0 bridgehead atoms. The van der Waals surface area contributed by atoms with Crippen molar-refractivity contribution in [2.24, 2.45) is 5.92 Å².